The van der Waals surface area contributed by atoms with Gasteiger partial charge in [0.05, 0.1) is 19.7 Å². The molecule has 2 aromatic rings. The van der Waals surface area contributed by atoms with E-state index in [-0.39, 0.29) is 30.3 Å². The third kappa shape index (κ3) is 4.64. The smallest absolute Gasteiger partial charge is 0.242 e. The van der Waals surface area contributed by atoms with Gasteiger partial charge in [0, 0.05) is 23.9 Å². The summed E-state index contributed by atoms with van der Waals surface area (Å²) in [6.45, 7) is 7.20. The van der Waals surface area contributed by atoms with Gasteiger partial charge in [-0.15, -0.1) is 11.3 Å². The number of carbonyl (C=O) groups excluding carboxylic acids is 2. The normalized spacial score (nSPS) is 15.9. The van der Waals surface area contributed by atoms with Gasteiger partial charge in [-0.2, -0.15) is 0 Å². The minimum atomic E-state index is -0.124. The highest BCUT2D eigenvalue weighted by Crippen LogP contribution is 2.38. The molecule has 0 bridgehead atoms. The second kappa shape index (κ2) is 9.44. The Labute approximate surface area is 177 Å². The van der Waals surface area contributed by atoms with E-state index in [2.05, 4.69) is 11.4 Å². The highest BCUT2D eigenvalue weighted by Gasteiger charge is 2.34. The minimum absolute atomic E-state index is 0.00474. The van der Waals surface area contributed by atoms with E-state index in [1.165, 1.54) is 10.4 Å². The van der Waals surface area contributed by atoms with E-state index >= 15 is 0 Å². The lowest BCUT2D eigenvalue weighted by molar-refractivity contribution is -0.143. The predicted octanol–water partition coefficient (Wildman–Crippen LogP) is 4.13. The number of benzene rings is 1. The lowest BCUT2D eigenvalue weighted by atomic mass is 9.93. The molecule has 0 radical (unpaired) electrons. The summed E-state index contributed by atoms with van der Waals surface area (Å²) < 4.78 is 5.29. The molecule has 1 aliphatic rings. The van der Waals surface area contributed by atoms with Crippen molar-refractivity contribution in [1.82, 2.24) is 9.80 Å². The van der Waals surface area contributed by atoms with E-state index in [9.17, 15) is 9.59 Å². The van der Waals surface area contributed by atoms with Crippen LogP contribution in [0.4, 0.5) is 0 Å². The molecule has 2 amide bonds. The number of ether oxygens (including phenoxy) is 1. The summed E-state index contributed by atoms with van der Waals surface area (Å²) in [6, 6.07) is 9.92. The molecule has 0 fully saturated rings. The highest BCUT2D eigenvalue weighted by atomic mass is 32.1. The SMILES string of the molecule is CCCN(CC(=O)N1CCc2sccc2C1c1ccc(OC)cc1)C(=O)C(C)C. The number of hydrogen-bond acceptors (Lipinski definition) is 4. The van der Waals surface area contributed by atoms with Gasteiger partial charge in [-0.1, -0.05) is 32.9 Å². The number of thiophene rings is 1. The van der Waals surface area contributed by atoms with E-state index in [4.69, 9.17) is 4.74 Å². The average molecular weight is 415 g/mol. The second-order valence-corrected chi connectivity index (χ2v) is 8.73. The number of fused-ring (bicyclic) bond motifs is 1. The Kier molecular flexibility index (Phi) is 6.96. The lowest BCUT2D eigenvalue weighted by Crippen LogP contribution is -2.47. The van der Waals surface area contributed by atoms with Crippen molar-refractivity contribution in [2.45, 2.75) is 39.7 Å². The van der Waals surface area contributed by atoms with E-state index in [0.29, 0.717) is 13.1 Å². The third-order valence-electron chi connectivity index (χ3n) is 5.34. The first-order chi connectivity index (χ1) is 14.0. The Morgan fingerprint density at radius 1 is 1.24 bits per heavy atom. The van der Waals surface area contributed by atoms with Crippen LogP contribution in [0.25, 0.3) is 0 Å². The van der Waals surface area contributed by atoms with Gasteiger partial charge < -0.3 is 14.5 Å². The van der Waals surface area contributed by atoms with Gasteiger partial charge in [-0.25, -0.2) is 0 Å². The van der Waals surface area contributed by atoms with E-state index in [1.807, 2.05) is 49.9 Å². The number of amides is 2. The van der Waals surface area contributed by atoms with Crippen molar-refractivity contribution in [3.05, 3.63) is 51.7 Å². The summed E-state index contributed by atoms with van der Waals surface area (Å²) in [7, 11) is 1.65. The molecule has 0 saturated heterocycles. The van der Waals surface area contributed by atoms with Gasteiger partial charge in [0.1, 0.15) is 5.75 Å². The standard InChI is InChI=1S/C23H30N2O3S/c1-5-12-24(23(27)16(2)3)15-21(26)25-13-10-20-19(11-14-29-20)22(25)17-6-8-18(28-4)9-7-17/h6-9,11,14,16,22H,5,10,12-13,15H2,1-4H3. The Bertz CT molecular complexity index is 844. The molecule has 1 aliphatic heterocycles. The average Bonchev–Trinajstić information content (AvgIpc) is 3.21. The van der Waals surface area contributed by atoms with Crippen molar-refractivity contribution in [3.63, 3.8) is 0 Å². The Balaban J connectivity index is 1.89. The maximum atomic E-state index is 13.4. The van der Waals surface area contributed by atoms with E-state index in [0.717, 1.165) is 24.2 Å². The van der Waals surface area contributed by atoms with Gasteiger partial charge in [-0.05, 0) is 47.5 Å². The molecule has 0 spiro atoms. The summed E-state index contributed by atoms with van der Waals surface area (Å²) in [6.07, 6.45) is 1.69. The molecule has 0 N–H and O–H groups in total. The number of nitrogens with zero attached hydrogens (tertiary/aromatic N) is 2. The fourth-order valence-electron chi connectivity index (χ4n) is 3.89. The first-order valence-corrected chi connectivity index (χ1v) is 11.1. The van der Waals surface area contributed by atoms with Crippen LogP contribution >= 0.6 is 11.3 Å². The number of methoxy groups -OCH3 is 1. The van der Waals surface area contributed by atoms with Crippen molar-refractivity contribution < 1.29 is 14.3 Å². The van der Waals surface area contributed by atoms with Crippen LogP contribution in [0.5, 0.6) is 5.75 Å². The zero-order chi connectivity index (χ0) is 21.0. The van der Waals surface area contributed by atoms with Gasteiger partial charge in [0.2, 0.25) is 11.8 Å². The van der Waals surface area contributed by atoms with Crippen LogP contribution in [0.1, 0.15) is 49.2 Å². The molecule has 6 heteroatoms. The number of hydrogen-bond donors (Lipinski definition) is 0. The molecular weight excluding hydrogens is 384 g/mol. The fourth-order valence-corrected chi connectivity index (χ4v) is 4.79. The molecule has 0 aliphatic carbocycles. The molecule has 156 valence electrons. The molecule has 29 heavy (non-hydrogen) atoms. The quantitative estimate of drug-likeness (QED) is 0.685. The first-order valence-electron chi connectivity index (χ1n) is 10.2. The van der Waals surface area contributed by atoms with E-state index < -0.39 is 0 Å². The number of rotatable bonds is 7. The molecule has 1 aromatic carbocycles. The van der Waals surface area contributed by atoms with Crippen molar-refractivity contribution in [2.75, 3.05) is 26.7 Å². The van der Waals surface area contributed by atoms with Crippen LogP contribution in [0.15, 0.2) is 35.7 Å². The Morgan fingerprint density at radius 2 is 1.97 bits per heavy atom. The van der Waals surface area contributed by atoms with Gasteiger partial charge in [0.15, 0.2) is 0 Å². The van der Waals surface area contributed by atoms with Gasteiger partial charge in [-0.3, -0.25) is 9.59 Å². The summed E-state index contributed by atoms with van der Waals surface area (Å²) in [5, 5.41) is 2.10. The summed E-state index contributed by atoms with van der Waals surface area (Å²) in [5.74, 6) is 0.723. The van der Waals surface area contributed by atoms with Crippen LogP contribution in [-0.4, -0.2) is 48.4 Å². The molecular formula is C23H30N2O3S. The predicted molar refractivity (Wildman–Crippen MR) is 116 cm³/mol. The molecule has 1 aromatic heterocycles. The van der Waals surface area contributed by atoms with Gasteiger partial charge >= 0.3 is 0 Å². The van der Waals surface area contributed by atoms with E-state index in [1.54, 1.807) is 23.3 Å². The van der Waals surface area contributed by atoms with Crippen molar-refractivity contribution in [1.29, 1.82) is 0 Å². The van der Waals surface area contributed by atoms with Crippen LogP contribution < -0.4 is 4.74 Å². The largest absolute Gasteiger partial charge is 0.497 e. The molecule has 0 saturated carbocycles. The zero-order valence-corrected chi connectivity index (χ0v) is 18.5. The first kappa shape index (κ1) is 21.4. The van der Waals surface area contributed by atoms with Crippen molar-refractivity contribution >= 4 is 23.2 Å². The Hall–Kier alpha value is -2.34. The summed E-state index contributed by atoms with van der Waals surface area (Å²) >= 11 is 1.75. The van der Waals surface area contributed by atoms with Gasteiger partial charge in [0.25, 0.3) is 0 Å². The zero-order valence-electron chi connectivity index (χ0n) is 17.7. The topological polar surface area (TPSA) is 49.9 Å². The van der Waals surface area contributed by atoms with Crippen LogP contribution in [0.2, 0.25) is 0 Å². The monoisotopic (exact) mass is 414 g/mol. The second-order valence-electron chi connectivity index (χ2n) is 7.73. The molecule has 5 nitrogen and oxygen atoms in total. The lowest BCUT2D eigenvalue weighted by Gasteiger charge is -2.38. The fraction of sp³-hybridized carbons (Fsp3) is 0.478. The summed E-state index contributed by atoms with van der Waals surface area (Å²) in [4.78, 5) is 30.9. The molecule has 1 unspecified atom stereocenters. The van der Waals surface area contributed by atoms with Crippen LogP contribution in [0, 0.1) is 5.92 Å². The third-order valence-corrected chi connectivity index (χ3v) is 6.34. The summed E-state index contributed by atoms with van der Waals surface area (Å²) in [5.41, 5.74) is 2.26. The van der Waals surface area contributed by atoms with Crippen molar-refractivity contribution in [2.24, 2.45) is 5.92 Å². The molecule has 2 heterocycles. The highest BCUT2D eigenvalue weighted by molar-refractivity contribution is 7.10. The van der Waals surface area contributed by atoms with Crippen molar-refractivity contribution in [3.8, 4) is 5.75 Å². The Morgan fingerprint density at radius 3 is 2.59 bits per heavy atom. The molecule has 3 rings (SSSR count). The number of carbonyl (C=O) groups is 2. The van der Waals surface area contributed by atoms with Crippen LogP contribution in [-0.2, 0) is 16.0 Å². The minimum Gasteiger partial charge on any atom is -0.497 e. The molecule has 1 atom stereocenters. The van der Waals surface area contributed by atoms with Crippen LogP contribution in [0.3, 0.4) is 0 Å². The maximum Gasteiger partial charge on any atom is 0.242 e. The maximum absolute atomic E-state index is 13.4.